The van der Waals surface area contributed by atoms with E-state index < -0.39 is 6.04 Å². The third kappa shape index (κ3) is 6.52. The van der Waals surface area contributed by atoms with E-state index in [0.29, 0.717) is 41.2 Å². The summed E-state index contributed by atoms with van der Waals surface area (Å²) < 4.78 is 5.49. The summed E-state index contributed by atoms with van der Waals surface area (Å²) in [5.74, 6) is 0.464. The van der Waals surface area contributed by atoms with E-state index >= 15 is 0 Å². The number of benzene rings is 2. The van der Waals surface area contributed by atoms with Crippen LogP contribution in [0.3, 0.4) is 0 Å². The van der Waals surface area contributed by atoms with Crippen molar-refractivity contribution in [2.45, 2.75) is 25.3 Å². The summed E-state index contributed by atoms with van der Waals surface area (Å²) in [5, 5.41) is 3.34. The first-order chi connectivity index (χ1) is 18.1. The van der Waals surface area contributed by atoms with Crippen LogP contribution in [0.4, 0.5) is 5.69 Å². The number of unbranched alkanes of at least 4 members (excludes halogenated alkanes) is 1. The van der Waals surface area contributed by atoms with Crippen LogP contribution in [0.5, 0.6) is 5.75 Å². The number of nitrogens with zero attached hydrogens (tertiary/aromatic N) is 1. The number of hydrogen-bond acceptors (Lipinski definition) is 6. The van der Waals surface area contributed by atoms with E-state index in [1.165, 1.54) is 0 Å². The maximum absolute atomic E-state index is 14.0. The molecular weight excluding hydrogens is 464 g/mol. The van der Waals surface area contributed by atoms with Gasteiger partial charge in [-0.25, -0.2) is 0 Å². The number of nitrogens with two attached hydrogens (primary N) is 1. The number of aldehydes is 1. The number of ketones is 1. The number of aromatic nitrogens is 2. The summed E-state index contributed by atoms with van der Waals surface area (Å²) in [6.07, 6.45) is 9.72. The molecule has 37 heavy (non-hydrogen) atoms. The molecule has 0 aliphatic carbocycles. The Bertz CT molecular complexity index is 1360. The average Bonchev–Trinajstić information content (AvgIpc) is 3.42. The van der Waals surface area contributed by atoms with Crippen molar-refractivity contribution in [3.05, 3.63) is 108 Å². The minimum Gasteiger partial charge on any atom is -0.497 e. The first-order valence-corrected chi connectivity index (χ1v) is 12.1. The minimum atomic E-state index is -0.866. The predicted octanol–water partition coefficient (Wildman–Crippen LogP) is 5.27. The zero-order valence-electron chi connectivity index (χ0n) is 20.7. The fourth-order valence-electron chi connectivity index (χ4n) is 4.16. The number of pyridine rings is 1. The highest BCUT2D eigenvalue weighted by Gasteiger charge is 2.26. The molecule has 4 N–H and O–H groups in total. The molecular formula is C30H30N4O3. The molecule has 4 rings (SSSR count). The number of aryl methyl sites for hydroxylation is 1. The number of nitrogens with one attached hydrogen (secondary N) is 2. The quantitative estimate of drug-likeness (QED) is 0.141. The van der Waals surface area contributed by atoms with Gasteiger partial charge in [0.15, 0.2) is 5.78 Å². The molecule has 0 spiro atoms. The summed E-state index contributed by atoms with van der Waals surface area (Å²) >= 11 is 0. The molecule has 4 aromatic rings. The number of methoxy groups -OCH3 is 1. The van der Waals surface area contributed by atoms with Gasteiger partial charge in [0.2, 0.25) is 0 Å². The highest BCUT2D eigenvalue weighted by molar-refractivity contribution is 6.08. The van der Waals surface area contributed by atoms with Crippen LogP contribution in [0, 0.1) is 0 Å². The smallest absolute Gasteiger partial charge is 0.193 e. The van der Waals surface area contributed by atoms with Gasteiger partial charge >= 0.3 is 0 Å². The van der Waals surface area contributed by atoms with E-state index in [-0.39, 0.29) is 5.78 Å². The normalized spacial score (nSPS) is 12.1. The molecule has 0 aliphatic rings. The lowest BCUT2D eigenvalue weighted by Gasteiger charge is -2.21. The van der Waals surface area contributed by atoms with Gasteiger partial charge < -0.3 is 25.6 Å². The molecule has 2 aromatic heterocycles. The minimum absolute atomic E-state index is 0.185. The predicted molar refractivity (Wildman–Crippen MR) is 146 cm³/mol. The SMILES string of the molecule is COc1cc(CCCC=O)cc(NC(C(=O)c2c[nH]cc2-c2ccccc2)C(N)=Cc2ccccn2)c1. The summed E-state index contributed by atoms with van der Waals surface area (Å²) in [6, 6.07) is 20.1. The van der Waals surface area contributed by atoms with Crippen LogP contribution in [0.25, 0.3) is 17.2 Å². The largest absolute Gasteiger partial charge is 0.497 e. The van der Waals surface area contributed by atoms with Gasteiger partial charge in [-0.1, -0.05) is 36.4 Å². The number of aromatic amines is 1. The Morgan fingerprint density at radius 1 is 1.11 bits per heavy atom. The zero-order chi connectivity index (χ0) is 26.0. The van der Waals surface area contributed by atoms with Crippen molar-refractivity contribution < 1.29 is 14.3 Å². The lowest BCUT2D eigenvalue weighted by molar-refractivity contribution is -0.107. The Labute approximate surface area is 216 Å². The van der Waals surface area contributed by atoms with Gasteiger partial charge in [0.25, 0.3) is 0 Å². The lowest BCUT2D eigenvalue weighted by Crippen LogP contribution is -2.35. The van der Waals surface area contributed by atoms with Gasteiger partial charge in [0.1, 0.15) is 18.1 Å². The van der Waals surface area contributed by atoms with Crippen LogP contribution >= 0.6 is 0 Å². The molecule has 0 amide bonds. The second-order valence-electron chi connectivity index (χ2n) is 8.62. The third-order valence-corrected chi connectivity index (χ3v) is 5.99. The van der Waals surface area contributed by atoms with Crippen molar-refractivity contribution >= 4 is 23.8 Å². The fourth-order valence-corrected chi connectivity index (χ4v) is 4.16. The summed E-state index contributed by atoms with van der Waals surface area (Å²) in [7, 11) is 1.60. The monoisotopic (exact) mass is 494 g/mol. The lowest BCUT2D eigenvalue weighted by atomic mass is 9.96. The van der Waals surface area contributed by atoms with Gasteiger partial charge in [-0.15, -0.1) is 0 Å². The number of ether oxygens (including phenoxy) is 1. The summed E-state index contributed by atoms with van der Waals surface area (Å²) in [5.41, 5.74) is 11.5. The highest BCUT2D eigenvalue weighted by Crippen LogP contribution is 2.28. The molecule has 0 saturated carbocycles. The first-order valence-electron chi connectivity index (χ1n) is 12.1. The molecule has 0 saturated heterocycles. The standard InChI is InChI=1S/C30H30N4O3/c1-37-25-16-21(9-6-8-14-35)15-24(17-25)34-29(28(31)18-23-12-5-7-13-33-23)30(36)27-20-32-19-26(27)22-10-3-2-4-11-22/h2-5,7,10-20,29,32,34H,6,8-9,31H2,1H3. The summed E-state index contributed by atoms with van der Waals surface area (Å²) in [6.45, 7) is 0. The number of rotatable bonds is 12. The van der Waals surface area contributed by atoms with E-state index in [9.17, 15) is 9.59 Å². The van der Waals surface area contributed by atoms with E-state index in [0.717, 1.165) is 29.4 Å². The van der Waals surface area contributed by atoms with Crippen LogP contribution in [0.1, 0.15) is 34.5 Å². The molecule has 0 fully saturated rings. The van der Waals surface area contributed by atoms with Gasteiger partial charge in [-0.2, -0.15) is 0 Å². The van der Waals surface area contributed by atoms with E-state index in [1.54, 1.807) is 25.6 Å². The van der Waals surface area contributed by atoms with Crippen molar-refractivity contribution in [2.75, 3.05) is 12.4 Å². The molecule has 1 unspecified atom stereocenters. The van der Waals surface area contributed by atoms with Crippen LogP contribution in [0.2, 0.25) is 0 Å². The third-order valence-electron chi connectivity index (χ3n) is 5.99. The molecule has 0 radical (unpaired) electrons. The Morgan fingerprint density at radius 3 is 2.65 bits per heavy atom. The first kappa shape index (κ1) is 25.4. The number of carbonyl (C=O) groups is 2. The van der Waals surface area contributed by atoms with Gasteiger partial charge in [0, 0.05) is 53.6 Å². The van der Waals surface area contributed by atoms with Crippen molar-refractivity contribution in [2.24, 2.45) is 5.73 Å². The average molecular weight is 495 g/mol. The summed E-state index contributed by atoms with van der Waals surface area (Å²) in [4.78, 5) is 32.2. The molecule has 1 atom stereocenters. The fraction of sp³-hybridized carbons (Fsp3) is 0.167. The molecule has 188 valence electrons. The molecule has 0 aliphatic heterocycles. The van der Waals surface area contributed by atoms with Gasteiger partial charge in [-0.05, 0) is 54.3 Å². The second kappa shape index (κ2) is 12.4. The van der Waals surface area contributed by atoms with Crippen LogP contribution in [0.15, 0.2) is 91.0 Å². The molecule has 2 heterocycles. The van der Waals surface area contributed by atoms with Crippen molar-refractivity contribution in [1.82, 2.24) is 9.97 Å². The zero-order valence-corrected chi connectivity index (χ0v) is 20.7. The Kier molecular flexibility index (Phi) is 8.49. The Hall–Kier alpha value is -4.65. The number of H-pyrrole nitrogens is 1. The number of carbonyl (C=O) groups excluding carboxylic acids is 2. The topological polar surface area (TPSA) is 110 Å². The van der Waals surface area contributed by atoms with Crippen molar-refractivity contribution in [1.29, 1.82) is 0 Å². The maximum Gasteiger partial charge on any atom is 0.193 e. The van der Waals surface area contributed by atoms with Crippen LogP contribution in [-0.2, 0) is 11.2 Å². The number of anilines is 1. The van der Waals surface area contributed by atoms with Crippen molar-refractivity contribution in [3.8, 4) is 16.9 Å². The molecule has 7 heteroatoms. The van der Waals surface area contributed by atoms with Gasteiger partial charge in [-0.3, -0.25) is 9.78 Å². The Balaban J connectivity index is 1.72. The molecule has 2 aromatic carbocycles. The number of hydrogen-bond donors (Lipinski definition) is 3. The second-order valence-corrected chi connectivity index (χ2v) is 8.62. The van der Waals surface area contributed by atoms with Crippen LogP contribution < -0.4 is 15.8 Å². The van der Waals surface area contributed by atoms with Crippen molar-refractivity contribution in [3.63, 3.8) is 0 Å². The van der Waals surface area contributed by atoms with E-state index in [4.69, 9.17) is 10.5 Å². The number of Topliss-reactive ketones (excluding diaryl/α,β-unsaturated/α-hetero) is 1. The maximum atomic E-state index is 14.0. The van der Waals surface area contributed by atoms with E-state index in [2.05, 4.69) is 15.3 Å². The van der Waals surface area contributed by atoms with E-state index in [1.807, 2.05) is 72.9 Å². The Morgan fingerprint density at radius 2 is 1.92 bits per heavy atom. The molecule has 7 nitrogen and oxygen atoms in total. The van der Waals surface area contributed by atoms with Gasteiger partial charge in [0.05, 0.1) is 12.8 Å². The molecule has 0 bridgehead atoms. The highest BCUT2D eigenvalue weighted by atomic mass is 16.5. The van der Waals surface area contributed by atoms with Crippen LogP contribution in [-0.4, -0.2) is 35.2 Å².